The lowest BCUT2D eigenvalue weighted by Gasteiger charge is -2.22. The van der Waals surface area contributed by atoms with Crippen molar-refractivity contribution < 1.29 is 9.47 Å². The Morgan fingerprint density at radius 1 is 1.11 bits per heavy atom. The summed E-state index contributed by atoms with van der Waals surface area (Å²) in [6.45, 7) is 1.28. The highest BCUT2D eigenvalue weighted by Gasteiger charge is 2.48. The summed E-state index contributed by atoms with van der Waals surface area (Å²) < 4.78 is 12.3. The molecule has 2 fully saturated rings. The summed E-state index contributed by atoms with van der Waals surface area (Å²) >= 11 is 3.62. The van der Waals surface area contributed by atoms with E-state index in [-0.39, 0.29) is 0 Å². The Balaban J connectivity index is 1.59. The number of fused-ring (bicyclic) bond motifs is 2. The normalized spacial score (nSPS) is 31.9. The van der Waals surface area contributed by atoms with Crippen LogP contribution in [0.4, 0.5) is 5.69 Å². The molecule has 0 aromatic heterocycles. The molecule has 2 saturated carbocycles. The average molecular weight is 310 g/mol. The third kappa shape index (κ3) is 1.78. The second-order valence-corrected chi connectivity index (χ2v) is 6.32. The fraction of sp³-hybridized carbons (Fsp3) is 0.571. The molecule has 1 aliphatic heterocycles. The number of hydrogen-bond acceptors (Lipinski definition) is 3. The predicted molar refractivity (Wildman–Crippen MR) is 73.4 cm³/mol. The summed E-state index contributed by atoms with van der Waals surface area (Å²) in [5.74, 6) is 3.61. The molecular weight excluding hydrogens is 294 g/mol. The molecule has 1 heterocycles. The zero-order valence-electron chi connectivity index (χ0n) is 10.1. The third-order valence-electron chi connectivity index (χ3n) is 4.32. The van der Waals surface area contributed by atoms with E-state index in [0.717, 1.165) is 33.5 Å². The fourth-order valence-electron chi connectivity index (χ4n) is 3.26. The Labute approximate surface area is 115 Å². The second-order valence-electron chi connectivity index (χ2n) is 5.46. The van der Waals surface area contributed by atoms with Crippen molar-refractivity contribution in [1.82, 2.24) is 0 Å². The van der Waals surface area contributed by atoms with Gasteiger partial charge >= 0.3 is 0 Å². The molecule has 0 spiro atoms. The first-order chi connectivity index (χ1) is 8.81. The number of hydrogen-bond donors (Lipinski definition) is 1. The van der Waals surface area contributed by atoms with Crippen LogP contribution in [0, 0.1) is 11.8 Å². The highest BCUT2D eigenvalue weighted by molar-refractivity contribution is 9.10. The molecule has 1 aromatic rings. The quantitative estimate of drug-likeness (QED) is 0.908. The lowest BCUT2D eigenvalue weighted by molar-refractivity contribution is 0.171. The summed E-state index contributed by atoms with van der Waals surface area (Å²) in [4.78, 5) is 0. The van der Waals surface area contributed by atoms with Gasteiger partial charge in [0.05, 0.1) is 5.69 Å². The Hall–Kier alpha value is -0.900. The van der Waals surface area contributed by atoms with Crippen molar-refractivity contribution in [2.45, 2.75) is 25.3 Å². The first-order valence-corrected chi connectivity index (χ1v) is 7.46. The zero-order valence-corrected chi connectivity index (χ0v) is 11.7. The maximum absolute atomic E-state index is 5.63. The SMILES string of the molecule is Brc1cc2c(cc1NC1CCC3CC31)OCCO2. The van der Waals surface area contributed by atoms with Gasteiger partial charge in [0.25, 0.3) is 0 Å². The van der Waals surface area contributed by atoms with Gasteiger partial charge in [-0.15, -0.1) is 0 Å². The van der Waals surface area contributed by atoms with Crippen LogP contribution in [0.15, 0.2) is 16.6 Å². The van der Waals surface area contributed by atoms with Gasteiger partial charge in [0.2, 0.25) is 0 Å². The van der Waals surface area contributed by atoms with Gasteiger partial charge in [-0.25, -0.2) is 0 Å². The lowest BCUT2D eigenvalue weighted by atomic mass is 10.1. The van der Waals surface area contributed by atoms with Gasteiger partial charge in [0, 0.05) is 22.6 Å². The number of halogens is 1. The number of anilines is 1. The Morgan fingerprint density at radius 3 is 2.56 bits per heavy atom. The minimum Gasteiger partial charge on any atom is -0.486 e. The minimum absolute atomic E-state index is 0.637. The van der Waals surface area contributed by atoms with Crippen LogP contribution in [0.25, 0.3) is 0 Å². The van der Waals surface area contributed by atoms with Crippen LogP contribution < -0.4 is 14.8 Å². The van der Waals surface area contributed by atoms with Gasteiger partial charge in [0.15, 0.2) is 11.5 Å². The largest absolute Gasteiger partial charge is 0.486 e. The summed E-state index contributed by atoms with van der Waals surface area (Å²) in [5, 5.41) is 3.67. The molecule has 3 unspecified atom stereocenters. The van der Waals surface area contributed by atoms with Gasteiger partial charge in [0.1, 0.15) is 13.2 Å². The zero-order chi connectivity index (χ0) is 12.1. The molecule has 4 rings (SSSR count). The number of benzene rings is 1. The lowest BCUT2D eigenvalue weighted by Crippen LogP contribution is -2.20. The second kappa shape index (κ2) is 4.05. The van der Waals surface area contributed by atoms with Crippen LogP contribution in [-0.4, -0.2) is 19.3 Å². The summed E-state index contributed by atoms with van der Waals surface area (Å²) in [6.07, 6.45) is 4.11. The summed E-state index contributed by atoms with van der Waals surface area (Å²) in [5.41, 5.74) is 1.14. The topological polar surface area (TPSA) is 30.5 Å². The first-order valence-electron chi connectivity index (χ1n) is 6.67. The molecule has 0 radical (unpaired) electrons. The van der Waals surface area contributed by atoms with E-state index in [1.54, 1.807) is 0 Å². The smallest absolute Gasteiger partial charge is 0.163 e. The van der Waals surface area contributed by atoms with Crippen molar-refractivity contribution in [2.75, 3.05) is 18.5 Å². The van der Waals surface area contributed by atoms with Gasteiger partial charge in [-0.1, -0.05) is 0 Å². The highest BCUT2D eigenvalue weighted by atomic mass is 79.9. The first kappa shape index (κ1) is 11.0. The molecule has 96 valence electrons. The molecule has 18 heavy (non-hydrogen) atoms. The number of rotatable bonds is 2. The Bertz CT molecular complexity index is 491. The van der Waals surface area contributed by atoms with Crippen molar-refractivity contribution in [3.05, 3.63) is 16.6 Å². The molecule has 3 nitrogen and oxygen atoms in total. The van der Waals surface area contributed by atoms with Crippen LogP contribution in [0.2, 0.25) is 0 Å². The van der Waals surface area contributed by atoms with Crippen molar-refractivity contribution in [3.63, 3.8) is 0 Å². The van der Waals surface area contributed by atoms with Crippen LogP contribution in [-0.2, 0) is 0 Å². The van der Waals surface area contributed by atoms with E-state index in [0.29, 0.717) is 19.3 Å². The fourth-order valence-corrected chi connectivity index (χ4v) is 3.69. The van der Waals surface area contributed by atoms with Crippen LogP contribution >= 0.6 is 15.9 Å². The predicted octanol–water partition coefficient (Wildman–Crippen LogP) is 3.43. The Kier molecular flexibility index (Phi) is 2.47. The maximum atomic E-state index is 5.63. The molecule has 2 aliphatic carbocycles. The number of nitrogens with one attached hydrogen (secondary N) is 1. The van der Waals surface area contributed by atoms with Crippen molar-refractivity contribution >= 4 is 21.6 Å². The summed E-state index contributed by atoms with van der Waals surface area (Å²) in [6, 6.07) is 4.72. The minimum atomic E-state index is 0.637. The molecule has 3 aliphatic rings. The maximum Gasteiger partial charge on any atom is 0.163 e. The summed E-state index contributed by atoms with van der Waals surface area (Å²) in [7, 11) is 0. The van der Waals surface area contributed by atoms with Gasteiger partial charge in [-0.3, -0.25) is 0 Å². The average Bonchev–Trinajstić information content (AvgIpc) is 3.06. The molecule has 1 N–H and O–H groups in total. The monoisotopic (exact) mass is 309 g/mol. The Morgan fingerprint density at radius 2 is 1.89 bits per heavy atom. The highest BCUT2D eigenvalue weighted by Crippen LogP contribution is 2.53. The van der Waals surface area contributed by atoms with Gasteiger partial charge < -0.3 is 14.8 Å². The molecule has 0 saturated heterocycles. The van der Waals surface area contributed by atoms with E-state index in [1.165, 1.54) is 19.3 Å². The molecule has 0 bridgehead atoms. The third-order valence-corrected chi connectivity index (χ3v) is 4.97. The number of ether oxygens (including phenoxy) is 2. The standard InChI is InChI=1S/C14H16BrNO2/c15-10-6-13-14(18-4-3-17-13)7-12(10)16-11-2-1-8-5-9(8)11/h6-9,11,16H,1-5H2. The van der Waals surface area contributed by atoms with E-state index in [1.807, 2.05) is 6.07 Å². The van der Waals surface area contributed by atoms with E-state index >= 15 is 0 Å². The molecule has 4 heteroatoms. The van der Waals surface area contributed by atoms with Crippen LogP contribution in [0.1, 0.15) is 19.3 Å². The van der Waals surface area contributed by atoms with E-state index in [2.05, 4.69) is 27.3 Å². The van der Waals surface area contributed by atoms with E-state index in [9.17, 15) is 0 Å². The van der Waals surface area contributed by atoms with E-state index < -0.39 is 0 Å². The van der Waals surface area contributed by atoms with Gasteiger partial charge in [-0.2, -0.15) is 0 Å². The van der Waals surface area contributed by atoms with Crippen molar-refractivity contribution in [2.24, 2.45) is 11.8 Å². The van der Waals surface area contributed by atoms with Crippen LogP contribution in [0.3, 0.4) is 0 Å². The van der Waals surface area contributed by atoms with E-state index in [4.69, 9.17) is 9.47 Å². The molecular formula is C14H16BrNO2. The van der Waals surface area contributed by atoms with Crippen LogP contribution in [0.5, 0.6) is 11.5 Å². The van der Waals surface area contributed by atoms with Crippen molar-refractivity contribution in [1.29, 1.82) is 0 Å². The molecule has 0 amide bonds. The molecule has 3 atom stereocenters. The van der Waals surface area contributed by atoms with Gasteiger partial charge in [-0.05, 0) is 47.0 Å². The molecule has 1 aromatic carbocycles. The van der Waals surface area contributed by atoms with Crippen molar-refractivity contribution in [3.8, 4) is 11.5 Å².